The standard InChI is InChI=1S/C22H32N4O4/c1-15(2)8-10-22(21(30)24-14-18(23)27)13-16-6-7-17(22)26(16)20(29)9-12-25-11-4-3-5-19(25)28/h3-5,11,15-17H,6-10,12-14H2,1-2H3,(H2,23,27)(H,24,30)/t16-,17+,22+/m1/s1. The van der Waals surface area contributed by atoms with Crippen LogP contribution in [0.1, 0.15) is 52.4 Å². The molecule has 164 valence electrons. The first kappa shape index (κ1) is 22.1. The van der Waals surface area contributed by atoms with E-state index in [4.69, 9.17) is 5.73 Å². The highest BCUT2D eigenvalue weighted by molar-refractivity contribution is 5.90. The number of nitrogens with one attached hydrogen (secondary N) is 1. The molecule has 0 saturated carbocycles. The van der Waals surface area contributed by atoms with E-state index in [0.29, 0.717) is 25.3 Å². The molecule has 0 spiro atoms. The SMILES string of the molecule is CC(C)CC[C@]1(C(=O)NCC(N)=O)C[C@H]2CC[C@@H]1N2C(=O)CCn1ccccc1=O. The number of hydrogen-bond donors (Lipinski definition) is 2. The van der Waals surface area contributed by atoms with Crippen LogP contribution in [-0.4, -0.2) is 45.8 Å². The molecule has 8 nitrogen and oxygen atoms in total. The van der Waals surface area contributed by atoms with Crippen LogP contribution >= 0.6 is 0 Å². The molecule has 0 aliphatic carbocycles. The second-order valence-electron chi connectivity index (χ2n) is 8.97. The Hall–Kier alpha value is -2.64. The average molecular weight is 417 g/mol. The zero-order valence-corrected chi connectivity index (χ0v) is 17.8. The number of nitrogens with zero attached hydrogens (tertiary/aromatic N) is 2. The van der Waals surface area contributed by atoms with E-state index < -0.39 is 11.3 Å². The Labute approximate surface area is 176 Å². The van der Waals surface area contributed by atoms with E-state index in [1.54, 1.807) is 18.3 Å². The maximum atomic E-state index is 13.2. The van der Waals surface area contributed by atoms with E-state index in [-0.39, 0.29) is 42.4 Å². The Bertz CT molecular complexity index is 865. The van der Waals surface area contributed by atoms with Crippen molar-refractivity contribution < 1.29 is 14.4 Å². The Kier molecular flexibility index (Phi) is 6.63. The maximum Gasteiger partial charge on any atom is 0.250 e. The van der Waals surface area contributed by atoms with Gasteiger partial charge in [0, 0.05) is 37.3 Å². The number of carbonyl (C=O) groups is 3. The molecular weight excluding hydrogens is 384 g/mol. The molecule has 30 heavy (non-hydrogen) atoms. The molecule has 2 saturated heterocycles. The smallest absolute Gasteiger partial charge is 0.250 e. The quantitative estimate of drug-likeness (QED) is 0.625. The molecular formula is C22H32N4O4. The summed E-state index contributed by atoms with van der Waals surface area (Å²) in [4.78, 5) is 51.3. The highest BCUT2D eigenvalue weighted by Gasteiger charge is 2.60. The topological polar surface area (TPSA) is 114 Å². The van der Waals surface area contributed by atoms with Gasteiger partial charge in [-0.05, 0) is 44.1 Å². The molecule has 2 aliphatic heterocycles. The summed E-state index contributed by atoms with van der Waals surface area (Å²) >= 11 is 0. The van der Waals surface area contributed by atoms with Crippen molar-refractivity contribution in [3.8, 4) is 0 Å². The lowest BCUT2D eigenvalue weighted by atomic mass is 9.69. The molecule has 3 heterocycles. The van der Waals surface area contributed by atoms with Gasteiger partial charge in [-0.3, -0.25) is 19.2 Å². The zero-order chi connectivity index (χ0) is 21.9. The molecule has 2 aliphatic rings. The van der Waals surface area contributed by atoms with Crippen LogP contribution in [0.4, 0.5) is 0 Å². The van der Waals surface area contributed by atoms with Gasteiger partial charge in [0.1, 0.15) is 0 Å². The van der Waals surface area contributed by atoms with Gasteiger partial charge in [-0.1, -0.05) is 19.9 Å². The van der Waals surface area contributed by atoms with Crippen molar-refractivity contribution in [3.05, 3.63) is 34.7 Å². The van der Waals surface area contributed by atoms with Gasteiger partial charge in [0.2, 0.25) is 17.7 Å². The van der Waals surface area contributed by atoms with Crippen molar-refractivity contribution >= 4 is 17.7 Å². The minimum Gasteiger partial charge on any atom is -0.368 e. The van der Waals surface area contributed by atoms with E-state index in [9.17, 15) is 19.2 Å². The van der Waals surface area contributed by atoms with Crippen LogP contribution in [0.3, 0.4) is 0 Å². The van der Waals surface area contributed by atoms with Gasteiger partial charge >= 0.3 is 0 Å². The third-order valence-electron chi connectivity index (χ3n) is 6.54. The number of primary amides is 1. The molecule has 3 N–H and O–H groups in total. The Morgan fingerprint density at radius 3 is 2.70 bits per heavy atom. The van der Waals surface area contributed by atoms with Crippen LogP contribution in [0.15, 0.2) is 29.2 Å². The van der Waals surface area contributed by atoms with Gasteiger partial charge in [0.05, 0.1) is 12.0 Å². The van der Waals surface area contributed by atoms with Gasteiger partial charge in [0.15, 0.2) is 0 Å². The van der Waals surface area contributed by atoms with Crippen LogP contribution in [0, 0.1) is 11.3 Å². The highest BCUT2D eigenvalue weighted by atomic mass is 16.2. The molecule has 0 radical (unpaired) electrons. The monoisotopic (exact) mass is 416 g/mol. The van der Waals surface area contributed by atoms with Gasteiger partial charge in [0.25, 0.3) is 5.56 Å². The predicted octanol–water partition coefficient (Wildman–Crippen LogP) is 1.03. The first-order chi connectivity index (χ1) is 14.2. The second kappa shape index (κ2) is 9.02. The van der Waals surface area contributed by atoms with E-state index in [1.165, 1.54) is 10.6 Å². The van der Waals surface area contributed by atoms with Crippen LogP contribution < -0.4 is 16.6 Å². The van der Waals surface area contributed by atoms with Crippen molar-refractivity contribution in [2.45, 2.75) is 71.0 Å². The summed E-state index contributed by atoms with van der Waals surface area (Å²) in [6.07, 6.45) is 5.73. The normalized spacial score (nSPS) is 25.0. The highest BCUT2D eigenvalue weighted by Crippen LogP contribution is 2.53. The first-order valence-electron chi connectivity index (χ1n) is 10.8. The minimum absolute atomic E-state index is 0.0209. The first-order valence-corrected chi connectivity index (χ1v) is 10.8. The number of amides is 3. The van der Waals surface area contributed by atoms with Crippen molar-refractivity contribution in [1.29, 1.82) is 0 Å². The maximum absolute atomic E-state index is 13.2. The van der Waals surface area contributed by atoms with Crippen LogP contribution in [0.25, 0.3) is 0 Å². The molecule has 3 rings (SSSR count). The number of nitrogens with two attached hydrogens (primary N) is 1. The van der Waals surface area contributed by atoms with Crippen molar-refractivity contribution in [3.63, 3.8) is 0 Å². The van der Waals surface area contributed by atoms with Gasteiger partial charge in [-0.15, -0.1) is 0 Å². The predicted molar refractivity (Wildman–Crippen MR) is 112 cm³/mol. The number of pyridine rings is 1. The Morgan fingerprint density at radius 1 is 1.27 bits per heavy atom. The Morgan fingerprint density at radius 2 is 2.03 bits per heavy atom. The van der Waals surface area contributed by atoms with Crippen LogP contribution in [0.5, 0.6) is 0 Å². The minimum atomic E-state index is -0.679. The zero-order valence-electron chi connectivity index (χ0n) is 17.8. The number of hydrogen-bond acceptors (Lipinski definition) is 4. The molecule has 3 amide bonds. The third-order valence-corrected chi connectivity index (χ3v) is 6.54. The molecule has 3 atom stereocenters. The summed E-state index contributed by atoms with van der Waals surface area (Å²) in [5, 5.41) is 2.70. The Balaban J connectivity index is 1.76. The number of aryl methyl sites for hydroxylation is 1. The van der Waals surface area contributed by atoms with Crippen LogP contribution in [0.2, 0.25) is 0 Å². The van der Waals surface area contributed by atoms with E-state index >= 15 is 0 Å². The third kappa shape index (κ3) is 4.42. The molecule has 1 aromatic rings. The average Bonchev–Trinajstić information content (AvgIpc) is 3.26. The summed E-state index contributed by atoms with van der Waals surface area (Å²) in [5.74, 6) is -0.343. The molecule has 2 bridgehead atoms. The lowest BCUT2D eigenvalue weighted by Gasteiger charge is -2.36. The summed E-state index contributed by atoms with van der Waals surface area (Å²) < 4.78 is 1.53. The fourth-order valence-corrected chi connectivity index (χ4v) is 5.07. The molecule has 0 unspecified atom stereocenters. The largest absolute Gasteiger partial charge is 0.368 e. The summed E-state index contributed by atoms with van der Waals surface area (Å²) in [6.45, 7) is 4.36. The number of rotatable bonds is 9. The van der Waals surface area contributed by atoms with Crippen molar-refractivity contribution in [2.24, 2.45) is 17.1 Å². The summed E-state index contributed by atoms with van der Waals surface area (Å²) in [6, 6.07) is 4.78. The molecule has 0 aromatic carbocycles. The van der Waals surface area contributed by atoms with Gasteiger partial charge in [-0.2, -0.15) is 0 Å². The lowest BCUT2D eigenvalue weighted by Crippen LogP contribution is -2.51. The number of carbonyl (C=O) groups excluding carboxylic acids is 3. The number of fused-ring (bicyclic) bond motifs is 2. The number of aromatic nitrogens is 1. The summed E-state index contributed by atoms with van der Waals surface area (Å²) in [7, 11) is 0. The van der Waals surface area contributed by atoms with Gasteiger partial charge < -0.3 is 20.5 Å². The van der Waals surface area contributed by atoms with E-state index in [2.05, 4.69) is 19.2 Å². The second-order valence-corrected chi connectivity index (χ2v) is 8.97. The van der Waals surface area contributed by atoms with Gasteiger partial charge in [-0.25, -0.2) is 0 Å². The fraction of sp³-hybridized carbons (Fsp3) is 0.636. The lowest BCUT2D eigenvalue weighted by molar-refractivity contribution is -0.138. The van der Waals surface area contributed by atoms with Crippen molar-refractivity contribution in [1.82, 2.24) is 14.8 Å². The molecule has 1 aromatic heterocycles. The van der Waals surface area contributed by atoms with Crippen molar-refractivity contribution in [2.75, 3.05) is 6.54 Å². The molecule has 2 fully saturated rings. The van der Waals surface area contributed by atoms with E-state index in [1.807, 2.05) is 4.90 Å². The van der Waals surface area contributed by atoms with Crippen LogP contribution in [-0.2, 0) is 20.9 Å². The molecule has 8 heteroatoms. The summed E-state index contributed by atoms with van der Waals surface area (Å²) in [5.41, 5.74) is 4.41. The fourth-order valence-electron chi connectivity index (χ4n) is 5.07. The van der Waals surface area contributed by atoms with E-state index in [0.717, 1.165) is 19.3 Å².